The summed E-state index contributed by atoms with van der Waals surface area (Å²) in [6, 6.07) is 14.5. The van der Waals surface area contributed by atoms with Gasteiger partial charge in [-0.15, -0.1) is 0 Å². The molecule has 3 amide bonds. The molecule has 0 fully saturated rings. The van der Waals surface area contributed by atoms with E-state index in [1.165, 1.54) is 0 Å². The fourth-order valence-corrected chi connectivity index (χ4v) is 2.63. The molecule has 10 heteroatoms. The molecule has 2 aromatic rings. The molecule has 0 aromatic heterocycles. The smallest absolute Gasteiger partial charge is 0.338 e. The van der Waals surface area contributed by atoms with Crippen LogP contribution >= 0.6 is 0 Å². The van der Waals surface area contributed by atoms with E-state index in [2.05, 4.69) is 16.2 Å². The van der Waals surface area contributed by atoms with Crippen LogP contribution in [0.2, 0.25) is 0 Å². The summed E-state index contributed by atoms with van der Waals surface area (Å²) in [5.41, 5.74) is 5.60. The van der Waals surface area contributed by atoms with E-state index in [0.717, 1.165) is 0 Å². The van der Waals surface area contributed by atoms with Crippen LogP contribution in [-0.2, 0) is 23.9 Å². The van der Waals surface area contributed by atoms with E-state index in [1.807, 2.05) is 0 Å². The number of benzene rings is 2. The Morgan fingerprint density at radius 1 is 0.794 bits per heavy atom. The monoisotopic (exact) mass is 469 g/mol. The van der Waals surface area contributed by atoms with Crippen molar-refractivity contribution in [2.45, 2.75) is 39.2 Å². The average Bonchev–Trinajstić information content (AvgIpc) is 2.81. The number of carbonyl (C=O) groups is 5. The van der Waals surface area contributed by atoms with Gasteiger partial charge in [0.1, 0.15) is 0 Å². The zero-order valence-electron chi connectivity index (χ0n) is 19.0. The van der Waals surface area contributed by atoms with Crippen LogP contribution in [0.25, 0.3) is 0 Å². The van der Waals surface area contributed by atoms with E-state index in [4.69, 9.17) is 9.47 Å². The minimum atomic E-state index is -0.698. The van der Waals surface area contributed by atoms with Crippen molar-refractivity contribution < 1.29 is 33.4 Å². The molecule has 0 saturated carbocycles. The highest BCUT2D eigenvalue weighted by molar-refractivity contribution is 5.95. The van der Waals surface area contributed by atoms with Crippen LogP contribution in [0, 0.1) is 0 Å². The highest BCUT2D eigenvalue weighted by Gasteiger charge is 2.12. The minimum Gasteiger partial charge on any atom is -0.459 e. The highest BCUT2D eigenvalue weighted by atomic mass is 16.5. The van der Waals surface area contributed by atoms with Crippen molar-refractivity contribution in [3.8, 4) is 0 Å². The maximum atomic E-state index is 12.0. The van der Waals surface area contributed by atoms with Crippen molar-refractivity contribution in [3.05, 3.63) is 65.7 Å². The Morgan fingerprint density at radius 3 is 2.12 bits per heavy atom. The largest absolute Gasteiger partial charge is 0.459 e. The van der Waals surface area contributed by atoms with Crippen LogP contribution in [0.15, 0.2) is 54.6 Å². The van der Waals surface area contributed by atoms with E-state index < -0.39 is 30.4 Å². The molecule has 0 saturated heterocycles. The third kappa shape index (κ3) is 9.51. The van der Waals surface area contributed by atoms with Gasteiger partial charge in [-0.25, -0.2) is 4.79 Å². The quantitative estimate of drug-likeness (QED) is 0.358. The Bertz CT molecular complexity index is 1000. The Labute approximate surface area is 197 Å². The predicted molar refractivity (Wildman–Crippen MR) is 122 cm³/mol. The number of ether oxygens (including phenoxy) is 2. The molecule has 0 radical (unpaired) electrons. The zero-order valence-corrected chi connectivity index (χ0v) is 19.0. The molecule has 3 N–H and O–H groups in total. The lowest BCUT2D eigenvalue weighted by molar-refractivity contribution is -0.148. The van der Waals surface area contributed by atoms with E-state index in [0.29, 0.717) is 16.8 Å². The molecule has 34 heavy (non-hydrogen) atoms. The Morgan fingerprint density at radius 2 is 1.47 bits per heavy atom. The molecule has 0 heterocycles. The molecule has 180 valence electrons. The topological polar surface area (TPSA) is 140 Å². The maximum absolute atomic E-state index is 12.0. The Hall–Kier alpha value is -4.21. The fraction of sp³-hybridized carbons (Fsp3) is 0.292. The van der Waals surface area contributed by atoms with Gasteiger partial charge >= 0.3 is 11.9 Å². The van der Waals surface area contributed by atoms with Crippen molar-refractivity contribution in [1.29, 1.82) is 0 Å². The third-order valence-corrected chi connectivity index (χ3v) is 4.25. The molecule has 10 nitrogen and oxygen atoms in total. The van der Waals surface area contributed by atoms with E-state index in [9.17, 15) is 24.0 Å². The average molecular weight is 469 g/mol. The van der Waals surface area contributed by atoms with Crippen LogP contribution < -0.4 is 16.2 Å². The van der Waals surface area contributed by atoms with E-state index in [-0.39, 0.29) is 31.3 Å². The van der Waals surface area contributed by atoms with Gasteiger partial charge in [0.15, 0.2) is 6.61 Å². The first kappa shape index (κ1) is 26.0. The van der Waals surface area contributed by atoms with Crippen LogP contribution in [0.4, 0.5) is 5.69 Å². The summed E-state index contributed by atoms with van der Waals surface area (Å²) in [7, 11) is 0. The van der Waals surface area contributed by atoms with Crippen molar-refractivity contribution >= 4 is 35.3 Å². The van der Waals surface area contributed by atoms with Crippen molar-refractivity contribution in [2.24, 2.45) is 0 Å². The first-order chi connectivity index (χ1) is 16.2. The first-order valence-corrected chi connectivity index (χ1v) is 10.7. The van der Waals surface area contributed by atoms with Gasteiger partial charge < -0.3 is 14.8 Å². The zero-order chi connectivity index (χ0) is 24.9. The molecule has 0 aliphatic rings. The summed E-state index contributed by atoms with van der Waals surface area (Å²) in [6.45, 7) is 2.94. The second-order valence-corrected chi connectivity index (χ2v) is 7.46. The Balaban J connectivity index is 1.61. The second-order valence-electron chi connectivity index (χ2n) is 7.46. The van der Waals surface area contributed by atoms with Gasteiger partial charge in [0.05, 0.1) is 11.7 Å². The molecule has 2 aromatic carbocycles. The molecular formula is C24H27N3O7. The van der Waals surface area contributed by atoms with Crippen LogP contribution in [-0.4, -0.2) is 42.4 Å². The van der Waals surface area contributed by atoms with Crippen molar-refractivity contribution in [1.82, 2.24) is 10.9 Å². The lowest BCUT2D eigenvalue weighted by atomic mass is 10.2. The number of carbonyl (C=O) groups excluding carboxylic acids is 5. The lowest BCUT2D eigenvalue weighted by Gasteiger charge is -2.09. The molecule has 0 spiro atoms. The number of amides is 3. The molecule has 0 bridgehead atoms. The van der Waals surface area contributed by atoms with Crippen molar-refractivity contribution in [3.63, 3.8) is 0 Å². The normalized spacial score (nSPS) is 10.2. The number of hydrazine groups is 1. The number of anilines is 1. The van der Waals surface area contributed by atoms with Gasteiger partial charge in [0.2, 0.25) is 5.91 Å². The number of hydrogen-bond acceptors (Lipinski definition) is 7. The van der Waals surface area contributed by atoms with Crippen LogP contribution in [0.1, 0.15) is 53.8 Å². The summed E-state index contributed by atoms with van der Waals surface area (Å²) in [6.07, 6.45) is -0.00759. The summed E-state index contributed by atoms with van der Waals surface area (Å²) in [5.74, 6) is -2.61. The Kier molecular flexibility index (Phi) is 10.2. The highest BCUT2D eigenvalue weighted by Crippen LogP contribution is 2.12. The van der Waals surface area contributed by atoms with E-state index >= 15 is 0 Å². The SMILES string of the molecule is CC(C)OC(=O)c1ccc(NC(=O)CCCC(=O)OCC(=O)NNC(=O)c2ccccc2)cc1. The second kappa shape index (κ2) is 13.4. The molecular weight excluding hydrogens is 442 g/mol. The molecule has 2 rings (SSSR count). The summed E-state index contributed by atoms with van der Waals surface area (Å²) >= 11 is 0. The molecule has 0 unspecified atom stereocenters. The lowest BCUT2D eigenvalue weighted by Crippen LogP contribution is -2.43. The van der Waals surface area contributed by atoms with Gasteiger partial charge in [-0.1, -0.05) is 18.2 Å². The molecule has 0 aliphatic heterocycles. The van der Waals surface area contributed by atoms with Crippen molar-refractivity contribution in [2.75, 3.05) is 11.9 Å². The summed E-state index contributed by atoms with van der Waals surface area (Å²) in [5, 5.41) is 2.67. The number of nitrogens with one attached hydrogen (secondary N) is 3. The predicted octanol–water partition coefficient (Wildman–Crippen LogP) is 2.36. The van der Waals surface area contributed by atoms with Crippen LogP contribution in [0.5, 0.6) is 0 Å². The maximum Gasteiger partial charge on any atom is 0.338 e. The molecule has 0 atom stereocenters. The number of hydrogen-bond donors (Lipinski definition) is 3. The van der Waals surface area contributed by atoms with Gasteiger partial charge in [-0.2, -0.15) is 0 Å². The van der Waals surface area contributed by atoms with Crippen LogP contribution in [0.3, 0.4) is 0 Å². The first-order valence-electron chi connectivity index (χ1n) is 10.7. The fourth-order valence-electron chi connectivity index (χ4n) is 2.63. The summed E-state index contributed by atoms with van der Waals surface area (Å²) in [4.78, 5) is 59.1. The third-order valence-electron chi connectivity index (χ3n) is 4.25. The van der Waals surface area contributed by atoms with Gasteiger partial charge in [-0.05, 0) is 56.7 Å². The molecule has 0 aliphatic carbocycles. The summed E-state index contributed by atoms with van der Waals surface area (Å²) < 4.78 is 9.92. The number of rotatable bonds is 10. The standard InChI is InChI=1S/C24H27N3O7/c1-16(2)34-24(32)18-11-13-19(14-12-18)25-20(28)9-6-10-22(30)33-15-21(29)26-27-23(31)17-7-4-3-5-8-17/h3-5,7-8,11-14,16H,6,9-10,15H2,1-2H3,(H,25,28)(H,26,29)(H,27,31). The number of esters is 2. The van der Waals surface area contributed by atoms with Gasteiger partial charge in [0, 0.05) is 24.1 Å². The van der Waals surface area contributed by atoms with Gasteiger partial charge in [0.25, 0.3) is 11.8 Å². The minimum absolute atomic E-state index is 0.0585. The van der Waals surface area contributed by atoms with Gasteiger partial charge in [-0.3, -0.25) is 30.0 Å². The van der Waals surface area contributed by atoms with E-state index in [1.54, 1.807) is 68.4 Å².